The molecule has 0 N–H and O–H groups in total. The van der Waals surface area contributed by atoms with Crippen LogP contribution >= 0.6 is 31.9 Å². The lowest BCUT2D eigenvalue weighted by molar-refractivity contribution is 0.157. The van der Waals surface area contributed by atoms with Crippen molar-refractivity contribution in [3.8, 4) is 0 Å². The SMILES string of the molecule is CC1(C)C(Br)CCN1Cc1ccc(Br)o1. The molecule has 1 saturated heterocycles. The number of furan rings is 1. The summed E-state index contributed by atoms with van der Waals surface area (Å²) in [7, 11) is 0. The molecule has 2 heterocycles. The third kappa shape index (κ3) is 2.32. The van der Waals surface area contributed by atoms with Crippen molar-refractivity contribution in [3.63, 3.8) is 0 Å². The Bertz CT molecular complexity index is 348. The van der Waals surface area contributed by atoms with E-state index in [-0.39, 0.29) is 5.54 Å². The van der Waals surface area contributed by atoms with Crippen LogP contribution in [0.15, 0.2) is 21.2 Å². The number of nitrogens with zero attached hydrogens (tertiary/aromatic N) is 1. The van der Waals surface area contributed by atoms with Crippen molar-refractivity contribution in [2.75, 3.05) is 6.54 Å². The smallest absolute Gasteiger partial charge is 0.169 e. The number of hydrogen-bond donors (Lipinski definition) is 0. The summed E-state index contributed by atoms with van der Waals surface area (Å²) in [5.41, 5.74) is 0.208. The fourth-order valence-corrected chi connectivity index (χ4v) is 2.85. The fraction of sp³-hybridized carbons (Fsp3) is 0.636. The average Bonchev–Trinajstić information content (AvgIpc) is 2.66. The lowest BCUT2D eigenvalue weighted by Crippen LogP contribution is -2.42. The van der Waals surface area contributed by atoms with Crippen LogP contribution < -0.4 is 0 Å². The van der Waals surface area contributed by atoms with Gasteiger partial charge in [-0.05, 0) is 48.3 Å². The summed E-state index contributed by atoms with van der Waals surface area (Å²) in [4.78, 5) is 3.03. The van der Waals surface area contributed by atoms with Gasteiger partial charge in [-0.3, -0.25) is 4.90 Å². The van der Waals surface area contributed by atoms with Crippen molar-refractivity contribution in [1.82, 2.24) is 4.90 Å². The summed E-state index contributed by atoms with van der Waals surface area (Å²) >= 11 is 7.06. The van der Waals surface area contributed by atoms with E-state index in [0.717, 1.165) is 23.5 Å². The summed E-state index contributed by atoms with van der Waals surface area (Å²) in [5, 5.41) is 0. The molecule has 4 heteroatoms. The molecular formula is C11H15Br2NO. The molecule has 0 radical (unpaired) electrons. The maximum absolute atomic E-state index is 5.53. The molecule has 15 heavy (non-hydrogen) atoms. The molecular weight excluding hydrogens is 322 g/mol. The van der Waals surface area contributed by atoms with E-state index in [2.05, 4.69) is 50.6 Å². The normalized spacial score (nSPS) is 26.0. The van der Waals surface area contributed by atoms with Gasteiger partial charge >= 0.3 is 0 Å². The lowest BCUT2D eigenvalue weighted by atomic mass is 10.0. The Kier molecular flexibility index (Phi) is 3.29. The van der Waals surface area contributed by atoms with Crippen molar-refractivity contribution in [3.05, 3.63) is 22.6 Å². The maximum Gasteiger partial charge on any atom is 0.169 e. The van der Waals surface area contributed by atoms with Gasteiger partial charge < -0.3 is 4.42 Å². The van der Waals surface area contributed by atoms with E-state index in [0.29, 0.717) is 4.83 Å². The molecule has 1 aromatic rings. The quantitative estimate of drug-likeness (QED) is 0.764. The second-order valence-electron chi connectivity index (χ2n) is 4.54. The number of hydrogen-bond acceptors (Lipinski definition) is 2. The van der Waals surface area contributed by atoms with Gasteiger partial charge in [0.15, 0.2) is 4.67 Å². The molecule has 1 atom stereocenters. The van der Waals surface area contributed by atoms with Gasteiger partial charge in [-0.2, -0.15) is 0 Å². The third-order valence-corrected chi connectivity index (χ3v) is 5.21. The predicted molar refractivity (Wildman–Crippen MR) is 68.2 cm³/mol. The molecule has 84 valence electrons. The topological polar surface area (TPSA) is 16.4 Å². The van der Waals surface area contributed by atoms with Crippen molar-refractivity contribution in [2.45, 2.75) is 37.2 Å². The molecule has 1 aromatic heterocycles. The van der Waals surface area contributed by atoms with E-state index in [1.165, 1.54) is 6.42 Å². The van der Waals surface area contributed by atoms with Gasteiger partial charge in [0.05, 0.1) is 6.54 Å². The Morgan fingerprint density at radius 2 is 2.27 bits per heavy atom. The molecule has 1 aliphatic rings. The highest BCUT2D eigenvalue weighted by Crippen LogP contribution is 2.35. The van der Waals surface area contributed by atoms with E-state index in [4.69, 9.17) is 4.42 Å². The van der Waals surface area contributed by atoms with E-state index >= 15 is 0 Å². The molecule has 2 nitrogen and oxygen atoms in total. The third-order valence-electron chi connectivity index (χ3n) is 3.21. The van der Waals surface area contributed by atoms with Gasteiger partial charge in [0.2, 0.25) is 0 Å². The first-order valence-electron chi connectivity index (χ1n) is 5.13. The number of rotatable bonds is 2. The predicted octanol–water partition coefficient (Wildman–Crippen LogP) is 3.79. The number of alkyl halides is 1. The summed E-state index contributed by atoms with van der Waals surface area (Å²) in [5.74, 6) is 1.02. The van der Waals surface area contributed by atoms with Gasteiger partial charge in [0.1, 0.15) is 5.76 Å². The summed E-state index contributed by atoms with van der Waals surface area (Å²) in [6.07, 6.45) is 1.20. The van der Waals surface area contributed by atoms with Crippen LogP contribution in [0, 0.1) is 0 Å². The van der Waals surface area contributed by atoms with Crippen molar-refractivity contribution in [2.24, 2.45) is 0 Å². The van der Waals surface area contributed by atoms with Gasteiger partial charge in [-0.25, -0.2) is 0 Å². The number of halogens is 2. The largest absolute Gasteiger partial charge is 0.453 e. The Morgan fingerprint density at radius 1 is 1.53 bits per heavy atom. The van der Waals surface area contributed by atoms with Crippen LogP contribution in [0.25, 0.3) is 0 Å². The van der Waals surface area contributed by atoms with Crippen molar-refractivity contribution in [1.29, 1.82) is 0 Å². The molecule has 0 spiro atoms. The molecule has 1 fully saturated rings. The zero-order valence-electron chi connectivity index (χ0n) is 8.96. The van der Waals surface area contributed by atoms with Crippen LogP contribution in [0.5, 0.6) is 0 Å². The zero-order chi connectivity index (χ0) is 11.1. The second kappa shape index (κ2) is 4.22. The molecule has 0 aromatic carbocycles. The van der Waals surface area contributed by atoms with Gasteiger partial charge in [-0.1, -0.05) is 15.9 Å². The molecule has 1 unspecified atom stereocenters. The van der Waals surface area contributed by atoms with Gasteiger partial charge in [-0.15, -0.1) is 0 Å². The first kappa shape index (κ1) is 11.7. The Hall–Kier alpha value is 0.200. The van der Waals surface area contributed by atoms with Gasteiger partial charge in [0.25, 0.3) is 0 Å². The molecule has 0 bridgehead atoms. The average molecular weight is 337 g/mol. The molecule has 2 rings (SSSR count). The molecule has 0 amide bonds. The lowest BCUT2D eigenvalue weighted by Gasteiger charge is -2.33. The fourth-order valence-electron chi connectivity index (χ4n) is 2.02. The number of likely N-dealkylation sites (tertiary alicyclic amines) is 1. The Balaban J connectivity index is 2.07. The van der Waals surface area contributed by atoms with Crippen LogP contribution in [0.1, 0.15) is 26.0 Å². The first-order chi connectivity index (χ1) is 7.00. The highest BCUT2D eigenvalue weighted by atomic mass is 79.9. The standard InChI is InChI=1S/C11H15Br2NO/c1-11(2)9(12)5-6-14(11)7-8-3-4-10(13)15-8/h3-4,9H,5-7H2,1-2H3. The summed E-state index contributed by atoms with van der Waals surface area (Å²) < 4.78 is 6.34. The van der Waals surface area contributed by atoms with Crippen molar-refractivity contribution >= 4 is 31.9 Å². The molecule has 0 saturated carbocycles. The van der Waals surface area contributed by atoms with E-state index in [1.54, 1.807) is 0 Å². The molecule has 1 aliphatic heterocycles. The van der Waals surface area contributed by atoms with Crippen LogP contribution in [0.3, 0.4) is 0 Å². The van der Waals surface area contributed by atoms with E-state index < -0.39 is 0 Å². The Labute approximate surface area is 107 Å². The van der Waals surface area contributed by atoms with Crippen LogP contribution in [-0.2, 0) is 6.54 Å². The maximum atomic E-state index is 5.53. The van der Waals surface area contributed by atoms with Crippen LogP contribution in [0.4, 0.5) is 0 Å². The minimum absolute atomic E-state index is 0.208. The van der Waals surface area contributed by atoms with E-state index in [9.17, 15) is 0 Å². The van der Waals surface area contributed by atoms with Crippen LogP contribution in [-0.4, -0.2) is 21.8 Å². The zero-order valence-corrected chi connectivity index (χ0v) is 12.1. The highest BCUT2D eigenvalue weighted by molar-refractivity contribution is 9.10. The Morgan fingerprint density at radius 3 is 2.73 bits per heavy atom. The molecule has 0 aliphatic carbocycles. The summed E-state index contributed by atoms with van der Waals surface area (Å²) in [6.45, 7) is 6.57. The van der Waals surface area contributed by atoms with E-state index in [1.807, 2.05) is 12.1 Å². The monoisotopic (exact) mass is 335 g/mol. The van der Waals surface area contributed by atoms with Gasteiger partial charge in [0, 0.05) is 16.9 Å². The van der Waals surface area contributed by atoms with Crippen LogP contribution in [0.2, 0.25) is 0 Å². The highest BCUT2D eigenvalue weighted by Gasteiger charge is 2.39. The first-order valence-corrected chi connectivity index (χ1v) is 6.84. The minimum atomic E-state index is 0.208. The minimum Gasteiger partial charge on any atom is -0.453 e. The van der Waals surface area contributed by atoms with Crippen molar-refractivity contribution < 1.29 is 4.42 Å². The summed E-state index contributed by atoms with van der Waals surface area (Å²) in [6, 6.07) is 3.98. The second-order valence-corrected chi connectivity index (χ2v) is 6.42.